The first-order valence-electron chi connectivity index (χ1n) is 9.29. The lowest BCUT2D eigenvalue weighted by Crippen LogP contribution is -1.97. The molecule has 0 atom stereocenters. The van der Waals surface area contributed by atoms with Gasteiger partial charge in [-0.2, -0.15) is 0 Å². The summed E-state index contributed by atoms with van der Waals surface area (Å²) in [5.41, 5.74) is 4.80. The fourth-order valence-electron chi connectivity index (χ4n) is 3.89. The zero-order valence-corrected chi connectivity index (χ0v) is 15.2. The summed E-state index contributed by atoms with van der Waals surface area (Å²) in [4.78, 5) is 9.17. The van der Waals surface area contributed by atoms with Crippen molar-refractivity contribution in [1.82, 2.24) is 14.5 Å². The highest BCUT2D eigenvalue weighted by atomic mass is 19.1. The Bertz CT molecular complexity index is 1520. The Morgan fingerprint density at radius 3 is 2.66 bits per heavy atom. The van der Waals surface area contributed by atoms with Gasteiger partial charge in [0.25, 0.3) is 0 Å². The average molecular weight is 379 g/mol. The first-order chi connectivity index (χ1) is 14.3. The topological polar surface area (TPSA) is 43.9 Å². The summed E-state index contributed by atoms with van der Waals surface area (Å²) in [6, 6.07) is 22.5. The first kappa shape index (κ1) is 16.0. The lowest BCUT2D eigenvalue weighted by Gasteiger charge is -2.09. The third-order valence-electron chi connectivity index (χ3n) is 5.17. The fourth-order valence-corrected chi connectivity index (χ4v) is 3.89. The SMILES string of the molecule is Fc1ccc2c(c1)oc1c(-c3nc4ccncc4n3-c3ccccc3)cccc12. The Hall–Kier alpha value is -3.99. The number of nitrogens with zero attached hydrogens (tertiary/aromatic N) is 3. The van der Waals surface area contributed by atoms with Gasteiger partial charge >= 0.3 is 0 Å². The molecular weight excluding hydrogens is 365 g/mol. The fraction of sp³-hybridized carbons (Fsp3) is 0. The molecule has 138 valence electrons. The Balaban J connectivity index is 1.73. The van der Waals surface area contributed by atoms with Gasteiger partial charge in [-0.25, -0.2) is 9.37 Å². The van der Waals surface area contributed by atoms with E-state index in [1.165, 1.54) is 12.1 Å². The Morgan fingerprint density at radius 1 is 0.862 bits per heavy atom. The van der Waals surface area contributed by atoms with Gasteiger partial charge in [0.2, 0.25) is 0 Å². The molecule has 3 heterocycles. The van der Waals surface area contributed by atoms with E-state index in [0.29, 0.717) is 11.2 Å². The summed E-state index contributed by atoms with van der Waals surface area (Å²) in [5.74, 6) is 0.435. The molecule has 0 unspecified atom stereocenters. The van der Waals surface area contributed by atoms with Crippen LogP contribution in [0.3, 0.4) is 0 Å². The number of halogens is 1. The molecule has 0 aliphatic heterocycles. The van der Waals surface area contributed by atoms with Crippen LogP contribution in [0.25, 0.3) is 50.0 Å². The number of hydrogen-bond acceptors (Lipinski definition) is 3. The van der Waals surface area contributed by atoms with Crippen molar-refractivity contribution in [3.05, 3.63) is 91.0 Å². The van der Waals surface area contributed by atoms with Gasteiger partial charge in [-0.1, -0.05) is 30.3 Å². The van der Waals surface area contributed by atoms with Gasteiger partial charge < -0.3 is 4.42 Å². The number of pyridine rings is 1. The Labute approximate surface area is 164 Å². The van der Waals surface area contributed by atoms with Crippen LogP contribution in [0.15, 0.2) is 89.6 Å². The monoisotopic (exact) mass is 379 g/mol. The van der Waals surface area contributed by atoms with Gasteiger partial charge in [0.05, 0.1) is 22.8 Å². The van der Waals surface area contributed by atoms with E-state index in [9.17, 15) is 4.39 Å². The molecule has 3 aromatic heterocycles. The Morgan fingerprint density at radius 2 is 1.76 bits per heavy atom. The highest BCUT2D eigenvalue weighted by molar-refractivity contribution is 6.09. The number of aromatic nitrogens is 3. The lowest BCUT2D eigenvalue weighted by molar-refractivity contribution is 0.618. The van der Waals surface area contributed by atoms with Crippen LogP contribution in [0, 0.1) is 5.82 Å². The minimum atomic E-state index is -0.319. The maximum absolute atomic E-state index is 13.7. The van der Waals surface area contributed by atoms with Gasteiger partial charge in [-0.15, -0.1) is 0 Å². The molecule has 6 aromatic rings. The van der Waals surface area contributed by atoms with Gasteiger partial charge in [0, 0.05) is 28.7 Å². The number of para-hydroxylation sites is 2. The second-order valence-corrected chi connectivity index (χ2v) is 6.90. The van der Waals surface area contributed by atoms with Crippen LogP contribution in [-0.2, 0) is 0 Å². The highest BCUT2D eigenvalue weighted by Crippen LogP contribution is 2.37. The molecule has 0 saturated carbocycles. The van der Waals surface area contributed by atoms with Crippen LogP contribution in [-0.4, -0.2) is 14.5 Å². The molecule has 0 N–H and O–H groups in total. The van der Waals surface area contributed by atoms with E-state index in [-0.39, 0.29) is 5.82 Å². The molecule has 0 amide bonds. The molecule has 0 radical (unpaired) electrons. The van der Waals surface area contributed by atoms with Crippen LogP contribution < -0.4 is 0 Å². The molecule has 5 heteroatoms. The molecule has 6 rings (SSSR count). The van der Waals surface area contributed by atoms with Crippen molar-refractivity contribution >= 4 is 33.0 Å². The van der Waals surface area contributed by atoms with Crippen molar-refractivity contribution in [3.8, 4) is 17.1 Å². The van der Waals surface area contributed by atoms with E-state index in [4.69, 9.17) is 9.40 Å². The van der Waals surface area contributed by atoms with Crippen molar-refractivity contribution in [1.29, 1.82) is 0 Å². The lowest BCUT2D eigenvalue weighted by atomic mass is 10.1. The van der Waals surface area contributed by atoms with E-state index in [1.807, 2.05) is 60.8 Å². The molecule has 0 bridgehead atoms. The number of fused-ring (bicyclic) bond motifs is 4. The van der Waals surface area contributed by atoms with Crippen molar-refractivity contribution < 1.29 is 8.81 Å². The van der Waals surface area contributed by atoms with Gasteiger partial charge in [0.1, 0.15) is 22.8 Å². The molecule has 4 nitrogen and oxygen atoms in total. The number of rotatable bonds is 2. The third kappa shape index (κ3) is 2.37. The zero-order valence-electron chi connectivity index (χ0n) is 15.2. The summed E-state index contributed by atoms with van der Waals surface area (Å²) in [7, 11) is 0. The van der Waals surface area contributed by atoms with E-state index in [1.54, 1.807) is 12.3 Å². The molecule has 29 heavy (non-hydrogen) atoms. The van der Waals surface area contributed by atoms with Gasteiger partial charge in [-0.05, 0) is 36.4 Å². The number of benzene rings is 3. The normalized spacial score (nSPS) is 11.6. The molecular formula is C24H14FN3O. The van der Waals surface area contributed by atoms with Crippen LogP contribution in [0.4, 0.5) is 4.39 Å². The van der Waals surface area contributed by atoms with E-state index >= 15 is 0 Å². The quantitative estimate of drug-likeness (QED) is 0.364. The average Bonchev–Trinajstić information content (AvgIpc) is 3.32. The predicted octanol–water partition coefficient (Wildman–Crippen LogP) is 6.13. The maximum atomic E-state index is 13.7. The Kier molecular flexibility index (Phi) is 3.32. The van der Waals surface area contributed by atoms with E-state index in [2.05, 4.69) is 9.55 Å². The van der Waals surface area contributed by atoms with Crippen LogP contribution >= 0.6 is 0 Å². The van der Waals surface area contributed by atoms with E-state index in [0.717, 1.165) is 38.9 Å². The summed E-state index contributed by atoms with van der Waals surface area (Å²) in [5, 5.41) is 1.81. The third-order valence-corrected chi connectivity index (χ3v) is 5.17. The number of imidazole rings is 1. The number of hydrogen-bond donors (Lipinski definition) is 0. The molecule has 0 aliphatic carbocycles. The summed E-state index contributed by atoms with van der Waals surface area (Å²) < 4.78 is 21.9. The van der Waals surface area contributed by atoms with E-state index < -0.39 is 0 Å². The molecule has 0 aliphatic rings. The van der Waals surface area contributed by atoms with Crippen molar-refractivity contribution in [2.75, 3.05) is 0 Å². The highest BCUT2D eigenvalue weighted by Gasteiger charge is 2.19. The van der Waals surface area contributed by atoms with Gasteiger partial charge in [0.15, 0.2) is 0 Å². The minimum Gasteiger partial charge on any atom is -0.455 e. The summed E-state index contributed by atoms with van der Waals surface area (Å²) in [6.45, 7) is 0. The predicted molar refractivity (Wildman–Crippen MR) is 112 cm³/mol. The van der Waals surface area contributed by atoms with Crippen molar-refractivity contribution in [2.45, 2.75) is 0 Å². The minimum absolute atomic E-state index is 0.319. The largest absolute Gasteiger partial charge is 0.455 e. The summed E-state index contributed by atoms with van der Waals surface area (Å²) >= 11 is 0. The molecule has 0 spiro atoms. The summed E-state index contributed by atoms with van der Waals surface area (Å²) in [6.07, 6.45) is 3.55. The molecule has 0 fully saturated rings. The van der Waals surface area contributed by atoms with Crippen LogP contribution in [0.5, 0.6) is 0 Å². The van der Waals surface area contributed by atoms with Crippen molar-refractivity contribution in [2.24, 2.45) is 0 Å². The second kappa shape index (κ2) is 6.01. The van der Waals surface area contributed by atoms with Crippen molar-refractivity contribution in [3.63, 3.8) is 0 Å². The van der Waals surface area contributed by atoms with Crippen LogP contribution in [0.2, 0.25) is 0 Å². The molecule has 3 aromatic carbocycles. The smallest absolute Gasteiger partial charge is 0.149 e. The first-order valence-corrected chi connectivity index (χ1v) is 9.29. The standard InChI is InChI=1S/C24H14FN3O/c25-15-9-10-17-18-7-4-8-19(23(18)29-22(17)13-15)24-27-20-11-12-26-14-21(20)28(24)16-5-2-1-3-6-16/h1-14H. The van der Waals surface area contributed by atoms with Gasteiger partial charge in [-0.3, -0.25) is 9.55 Å². The molecule has 0 saturated heterocycles. The number of furan rings is 1. The zero-order chi connectivity index (χ0) is 19.4. The maximum Gasteiger partial charge on any atom is 0.149 e. The second-order valence-electron chi connectivity index (χ2n) is 6.90. The van der Waals surface area contributed by atoms with Crippen LogP contribution in [0.1, 0.15) is 0 Å².